The van der Waals surface area contributed by atoms with Crippen LogP contribution in [0, 0.1) is 11.8 Å². The fourth-order valence-electron chi connectivity index (χ4n) is 3.99. The average Bonchev–Trinajstić information content (AvgIpc) is 3.05. The van der Waals surface area contributed by atoms with Gasteiger partial charge in [-0.3, -0.25) is 4.79 Å². The number of hydrogen-bond donors (Lipinski definition) is 1. The predicted molar refractivity (Wildman–Crippen MR) is 107 cm³/mol. The van der Waals surface area contributed by atoms with Crippen LogP contribution < -0.4 is 5.32 Å². The van der Waals surface area contributed by atoms with Gasteiger partial charge in [-0.05, 0) is 35.1 Å². The smallest absolute Gasteiger partial charge is 0.407 e. The largest absolute Gasteiger partial charge is 0.457 e. The number of ether oxygens (including phenoxy) is 2. The van der Waals surface area contributed by atoms with Gasteiger partial charge >= 0.3 is 12.1 Å². The molecule has 2 atom stereocenters. The zero-order chi connectivity index (χ0) is 21.1. The first-order valence-electron chi connectivity index (χ1n) is 9.67. The summed E-state index contributed by atoms with van der Waals surface area (Å²) in [6.07, 6.45) is 1.57. The quantitative estimate of drug-likeness (QED) is 0.434. The van der Waals surface area contributed by atoms with Crippen LogP contribution in [0.4, 0.5) is 4.79 Å². The van der Waals surface area contributed by atoms with Crippen molar-refractivity contribution in [1.29, 1.82) is 0 Å². The minimum atomic E-state index is -0.523. The average molecular weight is 398 g/mol. The van der Waals surface area contributed by atoms with E-state index in [1.54, 1.807) is 4.90 Å². The molecule has 0 spiro atoms. The van der Waals surface area contributed by atoms with E-state index in [1.807, 2.05) is 38.1 Å². The summed E-state index contributed by atoms with van der Waals surface area (Å²) in [7, 11) is 1.50. The second kappa shape index (κ2) is 8.51. The summed E-state index contributed by atoms with van der Waals surface area (Å²) in [4.78, 5) is 38.4. The molecule has 7 nitrogen and oxygen atoms in total. The van der Waals surface area contributed by atoms with Crippen LogP contribution in [-0.4, -0.2) is 42.6 Å². The first-order chi connectivity index (χ1) is 13.9. The SMILES string of the molecule is C=CCOC(=O)C1=C(c2cccc(COC(=O)NC)c2)C[C@@H]2[C@@H](C(C)C)C(=O)N12. The lowest BCUT2D eigenvalue weighted by Gasteiger charge is -2.45. The van der Waals surface area contributed by atoms with Gasteiger partial charge in [-0.15, -0.1) is 0 Å². The molecule has 0 unspecified atom stereocenters. The van der Waals surface area contributed by atoms with Crippen molar-refractivity contribution in [2.75, 3.05) is 13.7 Å². The van der Waals surface area contributed by atoms with Crippen LogP contribution in [0.1, 0.15) is 31.4 Å². The van der Waals surface area contributed by atoms with Gasteiger partial charge in [-0.2, -0.15) is 0 Å². The molecule has 2 aliphatic rings. The molecule has 0 bridgehead atoms. The first kappa shape index (κ1) is 20.6. The van der Waals surface area contributed by atoms with Crippen LogP contribution >= 0.6 is 0 Å². The molecule has 1 N–H and O–H groups in total. The Balaban J connectivity index is 1.93. The van der Waals surface area contributed by atoms with Crippen LogP contribution in [0.2, 0.25) is 0 Å². The van der Waals surface area contributed by atoms with E-state index >= 15 is 0 Å². The van der Waals surface area contributed by atoms with Crippen molar-refractivity contribution in [3.8, 4) is 0 Å². The van der Waals surface area contributed by atoms with E-state index in [2.05, 4.69) is 11.9 Å². The van der Waals surface area contributed by atoms with E-state index < -0.39 is 12.1 Å². The zero-order valence-corrected chi connectivity index (χ0v) is 16.9. The Bertz CT molecular complexity index is 874. The molecular weight excluding hydrogens is 372 g/mol. The predicted octanol–water partition coefficient (Wildman–Crippen LogP) is 2.87. The van der Waals surface area contributed by atoms with Gasteiger partial charge in [-0.25, -0.2) is 9.59 Å². The number of amides is 2. The van der Waals surface area contributed by atoms with E-state index in [1.165, 1.54) is 13.1 Å². The minimum Gasteiger partial charge on any atom is -0.457 e. The first-order valence-corrected chi connectivity index (χ1v) is 9.67. The summed E-state index contributed by atoms with van der Waals surface area (Å²) in [5.41, 5.74) is 2.70. The third kappa shape index (κ3) is 3.90. The van der Waals surface area contributed by atoms with Gasteiger partial charge in [0.1, 0.15) is 18.9 Å². The molecule has 154 valence electrons. The number of fused-ring (bicyclic) bond motifs is 1. The molecule has 7 heteroatoms. The van der Waals surface area contributed by atoms with Gasteiger partial charge in [-0.1, -0.05) is 44.7 Å². The van der Waals surface area contributed by atoms with Crippen molar-refractivity contribution in [2.24, 2.45) is 11.8 Å². The normalized spacial score (nSPS) is 20.3. The number of nitrogens with one attached hydrogen (secondary N) is 1. The van der Waals surface area contributed by atoms with Crippen molar-refractivity contribution in [2.45, 2.75) is 32.9 Å². The molecular formula is C22H26N2O5. The summed E-state index contributed by atoms with van der Waals surface area (Å²) in [5.74, 6) is -0.468. The van der Waals surface area contributed by atoms with E-state index in [9.17, 15) is 14.4 Å². The van der Waals surface area contributed by atoms with Crippen molar-refractivity contribution in [3.63, 3.8) is 0 Å². The Labute approximate surface area is 170 Å². The van der Waals surface area contributed by atoms with Crippen molar-refractivity contribution < 1.29 is 23.9 Å². The number of esters is 1. The summed E-state index contributed by atoms with van der Waals surface area (Å²) in [6.45, 7) is 7.79. The van der Waals surface area contributed by atoms with E-state index in [0.29, 0.717) is 12.1 Å². The van der Waals surface area contributed by atoms with Crippen LogP contribution in [0.25, 0.3) is 5.57 Å². The standard InChI is InChI=1S/C22H26N2O5/c1-5-9-28-21(26)19-16(11-17-18(13(2)3)20(25)24(17)19)15-8-6-7-14(10-15)12-29-22(27)23-4/h5-8,10,13,17-18H,1,9,11-12H2,2-4H3,(H,23,27)/t17-,18-/m1/s1. The molecule has 2 heterocycles. The number of benzene rings is 1. The Morgan fingerprint density at radius 2 is 2.10 bits per heavy atom. The van der Waals surface area contributed by atoms with Gasteiger partial charge in [0, 0.05) is 7.05 Å². The van der Waals surface area contributed by atoms with Gasteiger partial charge in [0.25, 0.3) is 0 Å². The summed E-state index contributed by atoms with van der Waals surface area (Å²) in [6, 6.07) is 7.42. The topological polar surface area (TPSA) is 84.9 Å². The number of carbonyl (C=O) groups is 3. The van der Waals surface area contributed by atoms with E-state index in [-0.39, 0.29) is 37.0 Å². The highest BCUT2D eigenvalue weighted by molar-refractivity contribution is 6.06. The highest BCUT2D eigenvalue weighted by Crippen LogP contribution is 2.48. The molecule has 0 saturated carbocycles. The van der Waals surface area contributed by atoms with Crippen LogP contribution in [0.5, 0.6) is 0 Å². The molecule has 2 aliphatic heterocycles. The third-order valence-electron chi connectivity index (χ3n) is 5.30. The van der Waals surface area contributed by atoms with Crippen LogP contribution in [0.15, 0.2) is 42.6 Å². The van der Waals surface area contributed by atoms with Gasteiger partial charge in [0.2, 0.25) is 5.91 Å². The Morgan fingerprint density at radius 1 is 1.34 bits per heavy atom. The maximum absolute atomic E-state index is 12.7. The highest BCUT2D eigenvalue weighted by atomic mass is 16.5. The Hall–Kier alpha value is -3.09. The number of β-lactam (4-membered cyclic amide) rings is 1. The summed E-state index contributed by atoms with van der Waals surface area (Å²) in [5, 5.41) is 2.40. The number of carbonyl (C=O) groups excluding carboxylic acids is 3. The Morgan fingerprint density at radius 3 is 2.76 bits per heavy atom. The monoisotopic (exact) mass is 398 g/mol. The minimum absolute atomic E-state index is 0.0328. The molecule has 0 aliphatic carbocycles. The molecule has 29 heavy (non-hydrogen) atoms. The molecule has 1 fully saturated rings. The van der Waals surface area contributed by atoms with Gasteiger partial charge < -0.3 is 19.7 Å². The molecule has 1 aromatic rings. The summed E-state index contributed by atoms with van der Waals surface area (Å²) < 4.78 is 10.4. The zero-order valence-electron chi connectivity index (χ0n) is 16.9. The summed E-state index contributed by atoms with van der Waals surface area (Å²) >= 11 is 0. The molecule has 2 amide bonds. The van der Waals surface area contributed by atoms with Crippen molar-refractivity contribution >= 4 is 23.5 Å². The Kier molecular flexibility index (Phi) is 6.06. The number of nitrogens with zero attached hydrogens (tertiary/aromatic N) is 1. The molecule has 3 rings (SSSR count). The van der Waals surface area contributed by atoms with Crippen molar-refractivity contribution in [3.05, 3.63) is 53.7 Å². The second-order valence-corrected chi connectivity index (χ2v) is 7.49. The van der Waals surface area contributed by atoms with E-state index in [4.69, 9.17) is 9.47 Å². The fraction of sp³-hybridized carbons (Fsp3) is 0.409. The number of hydrogen-bond acceptors (Lipinski definition) is 5. The van der Waals surface area contributed by atoms with Crippen molar-refractivity contribution in [1.82, 2.24) is 10.2 Å². The lowest BCUT2D eigenvalue weighted by molar-refractivity contribution is -0.158. The van der Waals surface area contributed by atoms with E-state index in [0.717, 1.165) is 16.7 Å². The van der Waals surface area contributed by atoms with Crippen LogP contribution in [-0.2, 0) is 25.7 Å². The number of alkyl carbamates (subject to hydrolysis) is 1. The molecule has 1 saturated heterocycles. The lowest BCUT2D eigenvalue weighted by Crippen LogP contribution is -2.60. The molecule has 0 radical (unpaired) electrons. The van der Waals surface area contributed by atoms with Gasteiger partial charge in [0.05, 0.1) is 12.0 Å². The van der Waals surface area contributed by atoms with Gasteiger partial charge in [0.15, 0.2) is 0 Å². The maximum atomic E-state index is 12.7. The lowest BCUT2D eigenvalue weighted by atomic mass is 9.78. The maximum Gasteiger partial charge on any atom is 0.407 e. The highest BCUT2D eigenvalue weighted by Gasteiger charge is 2.56. The molecule has 0 aromatic heterocycles. The fourth-order valence-corrected chi connectivity index (χ4v) is 3.99. The number of rotatable bonds is 7. The molecule has 1 aromatic carbocycles. The van der Waals surface area contributed by atoms with Crippen LogP contribution in [0.3, 0.4) is 0 Å². The second-order valence-electron chi connectivity index (χ2n) is 7.49. The third-order valence-corrected chi connectivity index (χ3v) is 5.30.